The van der Waals surface area contributed by atoms with Crippen LogP contribution < -0.4 is 11.5 Å². The number of hydrogen-bond donors (Lipinski definition) is 4. The van der Waals surface area contributed by atoms with Crippen molar-refractivity contribution in [3.63, 3.8) is 0 Å². The Hall–Kier alpha value is -3.41. The van der Waals surface area contributed by atoms with Gasteiger partial charge in [-0.3, -0.25) is 10.8 Å². The molecule has 6 heteroatoms. The van der Waals surface area contributed by atoms with Crippen molar-refractivity contribution in [2.75, 3.05) is 0 Å². The number of benzene rings is 2. The average molecular weight is 305 g/mol. The van der Waals surface area contributed by atoms with Gasteiger partial charge in [-0.1, -0.05) is 41.6 Å². The van der Waals surface area contributed by atoms with Gasteiger partial charge in [0, 0.05) is 28.3 Å². The number of nitrogen functional groups attached to an aromatic ring is 2. The van der Waals surface area contributed by atoms with E-state index in [4.69, 9.17) is 26.8 Å². The molecule has 2 aromatic carbocycles. The smallest absolute Gasteiger partial charge is 0.167 e. The second-order valence-electron chi connectivity index (χ2n) is 5.07. The SMILES string of the molecule is N=C(N)c1cccc(-c2cc(-c3cccc(C(=N)N)c3)on2)c1. The third-order valence-electron chi connectivity index (χ3n) is 3.44. The largest absolute Gasteiger partial charge is 0.384 e. The van der Waals surface area contributed by atoms with Crippen LogP contribution in [0.1, 0.15) is 11.1 Å². The van der Waals surface area contributed by atoms with Crippen molar-refractivity contribution in [1.29, 1.82) is 10.8 Å². The first kappa shape index (κ1) is 14.5. The summed E-state index contributed by atoms with van der Waals surface area (Å²) in [5.74, 6) is 0.585. The number of amidine groups is 2. The maximum atomic E-state index is 7.50. The number of rotatable bonds is 4. The molecule has 0 aliphatic heterocycles. The van der Waals surface area contributed by atoms with Crippen LogP contribution in [0.3, 0.4) is 0 Å². The quantitative estimate of drug-likeness (QED) is 0.436. The predicted octanol–water partition coefficient (Wildman–Crippen LogP) is 2.58. The first-order valence-corrected chi connectivity index (χ1v) is 6.91. The number of aromatic nitrogens is 1. The van der Waals surface area contributed by atoms with Crippen LogP contribution in [0.5, 0.6) is 0 Å². The van der Waals surface area contributed by atoms with Gasteiger partial charge < -0.3 is 16.0 Å². The van der Waals surface area contributed by atoms with E-state index in [1.807, 2.05) is 24.3 Å². The Bertz CT molecular complexity index is 825. The summed E-state index contributed by atoms with van der Waals surface area (Å²) in [5.41, 5.74) is 14.5. The van der Waals surface area contributed by atoms with Crippen LogP contribution in [-0.2, 0) is 0 Å². The summed E-state index contributed by atoms with van der Waals surface area (Å²) in [6.45, 7) is 0. The predicted molar refractivity (Wildman–Crippen MR) is 89.4 cm³/mol. The van der Waals surface area contributed by atoms with E-state index in [1.54, 1.807) is 30.3 Å². The summed E-state index contributed by atoms with van der Waals surface area (Å²) in [6.07, 6.45) is 0. The van der Waals surface area contributed by atoms with Gasteiger partial charge >= 0.3 is 0 Å². The van der Waals surface area contributed by atoms with Crippen LogP contribution in [0.2, 0.25) is 0 Å². The number of nitrogens with one attached hydrogen (secondary N) is 2. The molecule has 3 aromatic rings. The van der Waals surface area contributed by atoms with E-state index in [2.05, 4.69) is 5.16 Å². The van der Waals surface area contributed by atoms with E-state index in [1.165, 1.54) is 0 Å². The zero-order valence-corrected chi connectivity index (χ0v) is 12.2. The minimum absolute atomic E-state index is 0.000693. The van der Waals surface area contributed by atoms with Gasteiger partial charge in [0.25, 0.3) is 0 Å². The molecule has 0 unspecified atom stereocenters. The fourth-order valence-corrected chi connectivity index (χ4v) is 2.23. The summed E-state index contributed by atoms with van der Waals surface area (Å²) < 4.78 is 5.39. The summed E-state index contributed by atoms with van der Waals surface area (Å²) in [5, 5.41) is 19.1. The zero-order chi connectivity index (χ0) is 16.4. The molecule has 0 aliphatic carbocycles. The monoisotopic (exact) mass is 305 g/mol. The van der Waals surface area contributed by atoms with Crippen LogP contribution in [-0.4, -0.2) is 16.8 Å². The van der Waals surface area contributed by atoms with Gasteiger partial charge in [-0.25, -0.2) is 0 Å². The lowest BCUT2D eigenvalue weighted by Crippen LogP contribution is -2.10. The molecule has 0 amide bonds. The summed E-state index contributed by atoms with van der Waals surface area (Å²) >= 11 is 0. The van der Waals surface area contributed by atoms with Crippen molar-refractivity contribution in [1.82, 2.24) is 5.16 Å². The van der Waals surface area contributed by atoms with Gasteiger partial charge in [0.2, 0.25) is 0 Å². The molecule has 114 valence electrons. The lowest BCUT2D eigenvalue weighted by atomic mass is 10.1. The van der Waals surface area contributed by atoms with Crippen molar-refractivity contribution in [3.8, 4) is 22.6 Å². The minimum atomic E-state index is 0.000693. The van der Waals surface area contributed by atoms with Crippen LogP contribution in [0, 0.1) is 10.8 Å². The lowest BCUT2D eigenvalue weighted by Gasteiger charge is -2.00. The maximum absolute atomic E-state index is 7.50. The highest BCUT2D eigenvalue weighted by Crippen LogP contribution is 2.27. The molecule has 0 saturated heterocycles. The van der Waals surface area contributed by atoms with Crippen LogP contribution >= 0.6 is 0 Å². The number of hydrogen-bond acceptors (Lipinski definition) is 4. The van der Waals surface area contributed by atoms with Crippen molar-refractivity contribution in [2.45, 2.75) is 0 Å². The molecule has 0 saturated carbocycles. The summed E-state index contributed by atoms with van der Waals surface area (Å²) in [7, 11) is 0. The van der Waals surface area contributed by atoms with E-state index in [-0.39, 0.29) is 11.7 Å². The fraction of sp³-hybridized carbons (Fsp3) is 0. The molecule has 6 N–H and O–H groups in total. The molecule has 0 bridgehead atoms. The highest BCUT2D eigenvalue weighted by atomic mass is 16.5. The van der Waals surface area contributed by atoms with Crippen LogP contribution in [0.15, 0.2) is 59.1 Å². The first-order chi connectivity index (χ1) is 11.0. The van der Waals surface area contributed by atoms with Crippen molar-refractivity contribution in [2.24, 2.45) is 11.5 Å². The molecule has 1 heterocycles. The van der Waals surface area contributed by atoms with Crippen LogP contribution in [0.25, 0.3) is 22.6 Å². The molecule has 1 aromatic heterocycles. The Kier molecular flexibility index (Phi) is 3.64. The molecular formula is C17H15N5O. The average Bonchev–Trinajstić information content (AvgIpc) is 3.05. The van der Waals surface area contributed by atoms with E-state index in [9.17, 15) is 0 Å². The first-order valence-electron chi connectivity index (χ1n) is 6.91. The number of nitrogens with two attached hydrogens (primary N) is 2. The molecule has 0 atom stereocenters. The lowest BCUT2D eigenvalue weighted by molar-refractivity contribution is 0.435. The minimum Gasteiger partial charge on any atom is -0.384 e. The highest BCUT2D eigenvalue weighted by Gasteiger charge is 2.10. The van der Waals surface area contributed by atoms with Gasteiger partial charge in [-0.15, -0.1) is 0 Å². The second-order valence-corrected chi connectivity index (χ2v) is 5.07. The fourth-order valence-electron chi connectivity index (χ4n) is 2.23. The van der Waals surface area contributed by atoms with E-state index >= 15 is 0 Å². The molecule has 0 spiro atoms. The second kappa shape index (κ2) is 5.76. The molecule has 0 aliphatic rings. The Morgan fingerprint density at radius 1 is 0.826 bits per heavy atom. The van der Waals surface area contributed by atoms with Crippen molar-refractivity contribution < 1.29 is 4.52 Å². The Labute approximate surface area is 132 Å². The molecular weight excluding hydrogens is 290 g/mol. The molecule has 6 nitrogen and oxygen atoms in total. The third-order valence-corrected chi connectivity index (χ3v) is 3.44. The van der Waals surface area contributed by atoms with Crippen LogP contribution in [0.4, 0.5) is 0 Å². The molecule has 0 fully saturated rings. The molecule has 23 heavy (non-hydrogen) atoms. The van der Waals surface area contributed by atoms with Gasteiger partial charge in [0.05, 0.1) is 0 Å². The normalized spacial score (nSPS) is 10.4. The standard InChI is InChI=1S/C17H15N5O/c18-16(19)12-5-1-3-10(7-12)14-9-15(23-22-14)11-4-2-6-13(8-11)17(20)21/h1-9H,(H3,18,19)(H3,20,21). The van der Waals surface area contributed by atoms with Crippen molar-refractivity contribution >= 4 is 11.7 Å². The molecule has 0 radical (unpaired) electrons. The Balaban J connectivity index is 1.97. The Morgan fingerprint density at radius 3 is 2.00 bits per heavy atom. The van der Waals surface area contributed by atoms with E-state index < -0.39 is 0 Å². The summed E-state index contributed by atoms with van der Waals surface area (Å²) in [4.78, 5) is 0. The van der Waals surface area contributed by atoms with Gasteiger partial charge in [-0.2, -0.15) is 0 Å². The molecule has 3 rings (SSSR count). The van der Waals surface area contributed by atoms with Gasteiger partial charge in [0.15, 0.2) is 5.76 Å². The van der Waals surface area contributed by atoms with Gasteiger partial charge in [-0.05, 0) is 12.1 Å². The zero-order valence-electron chi connectivity index (χ0n) is 12.2. The summed E-state index contributed by atoms with van der Waals surface area (Å²) in [6, 6.07) is 16.3. The Morgan fingerprint density at radius 2 is 1.39 bits per heavy atom. The third kappa shape index (κ3) is 2.96. The van der Waals surface area contributed by atoms with Crippen molar-refractivity contribution in [3.05, 3.63) is 65.7 Å². The van der Waals surface area contributed by atoms with E-state index in [0.717, 1.165) is 11.1 Å². The van der Waals surface area contributed by atoms with E-state index in [0.29, 0.717) is 22.6 Å². The highest BCUT2D eigenvalue weighted by molar-refractivity contribution is 5.96. The topological polar surface area (TPSA) is 126 Å². The van der Waals surface area contributed by atoms with Gasteiger partial charge in [0.1, 0.15) is 17.4 Å². The maximum Gasteiger partial charge on any atom is 0.167 e. The number of nitrogens with zero attached hydrogens (tertiary/aromatic N) is 1.